The van der Waals surface area contributed by atoms with Crippen LogP contribution in [0.3, 0.4) is 0 Å². The smallest absolute Gasteiger partial charge is 0.307 e. The van der Waals surface area contributed by atoms with Crippen LogP contribution in [0.4, 0.5) is 0 Å². The van der Waals surface area contributed by atoms with Gasteiger partial charge in [0.2, 0.25) is 0 Å². The van der Waals surface area contributed by atoms with Crippen molar-refractivity contribution in [3.63, 3.8) is 0 Å². The lowest BCUT2D eigenvalue weighted by Crippen LogP contribution is -2.45. The molecule has 4 N–H and O–H groups in total. The summed E-state index contributed by atoms with van der Waals surface area (Å²) >= 11 is 4.79. The number of hydrazine groups is 1. The second-order valence-corrected chi connectivity index (χ2v) is 2.91. The molecular weight excluding hydrogens is 190 g/mol. The predicted octanol–water partition coefficient (Wildman–Crippen LogP) is -0.334. The van der Waals surface area contributed by atoms with Crippen LogP contribution in [0.1, 0.15) is 19.8 Å². The molecule has 0 rings (SSSR count). The number of esters is 1. The van der Waals surface area contributed by atoms with E-state index in [0.29, 0.717) is 5.11 Å². The first-order chi connectivity index (χ1) is 6.13. The van der Waals surface area contributed by atoms with E-state index in [1.54, 1.807) is 0 Å². The molecule has 13 heavy (non-hydrogen) atoms. The van der Waals surface area contributed by atoms with Gasteiger partial charge in [0.1, 0.15) is 0 Å². The summed E-state index contributed by atoms with van der Waals surface area (Å²) in [5, 5.41) is 3.21. The number of hydrogen-bond donors (Lipinski definition) is 3. The molecule has 0 aromatic heterocycles. The fraction of sp³-hybridized carbons (Fsp3) is 0.714. The van der Waals surface area contributed by atoms with Crippen LogP contribution in [0, 0.1) is 0 Å². The van der Waals surface area contributed by atoms with Crippen LogP contribution >= 0.6 is 12.2 Å². The Balaban J connectivity index is 3.89. The molecule has 0 aromatic carbocycles. The Labute approximate surface area is 83.0 Å². The normalized spacial score (nSPS) is 11.6. The van der Waals surface area contributed by atoms with Gasteiger partial charge in [0.15, 0.2) is 5.11 Å². The zero-order valence-electron chi connectivity index (χ0n) is 7.79. The van der Waals surface area contributed by atoms with E-state index < -0.39 is 0 Å². The van der Waals surface area contributed by atoms with Crippen molar-refractivity contribution in [1.82, 2.24) is 10.7 Å². The molecule has 0 radical (unpaired) electrons. The Kier molecular flexibility index (Phi) is 6.17. The second-order valence-electron chi connectivity index (χ2n) is 2.50. The number of carbonyl (C=O) groups is 1. The summed E-state index contributed by atoms with van der Waals surface area (Å²) in [5.41, 5.74) is 2.29. The molecule has 76 valence electrons. The Morgan fingerprint density at radius 3 is 2.69 bits per heavy atom. The van der Waals surface area contributed by atoms with Gasteiger partial charge in [-0.3, -0.25) is 4.79 Å². The highest BCUT2D eigenvalue weighted by Crippen LogP contribution is 1.98. The van der Waals surface area contributed by atoms with Gasteiger partial charge in [-0.25, -0.2) is 5.84 Å². The zero-order valence-corrected chi connectivity index (χ0v) is 8.61. The third-order valence-electron chi connectivity index (χ3n) is 1.60. The summed E-state index contributed by atoms with van der Waals surface area (Å²) in [4.78, 5) is 10.9. The summed E-state index contributed by atoms with van der Waals surface area (Å²) in [6.45, 7) is 1.94. The molecule has 0 spiro atoms. The first kappa shape index (κ1) is 12.1. The highest BCUT2D eigenvalue weighted by molar-refractivity contribution is 7.80. The summed E-state index contributed by atoms with van der Waals surface area (Å²) in [7, 11) is 1.36. The van der Waals surface area contributed by atoms with Gasteiger partial charge in [-0.1, -0.05) is 6.92 Å². The van der Waals surface area contributed by atoms with Gasteiger partial charge in [-0.2, -0.15) is 0 Å². The number of nitrogens with one attached hydrogen (secondary N) is 2. The maximum Gasteiger partial charge on any atom is 0.307 e. The number of methoxy groups -OCH3 is 1. The minimum atomic E-state index is -0.265. The first-order valence-corrected chi connectivity index (χ1v) is 4.38. The van der Waals surface area contributed by atoms with Crippen LogP contribution < -0.4 is 16.6 Å². The van der Waals surface area contributed by atoms with Crippen LogP contribution in [0.25, 0.3) is 0 Å². The van der Waals surface area contributed by atoms with Gasteiger partial charge in [0, 0.05) is 6.04 Å². The lowest BCUT2D eigenvalue weighted by molar-refractivity contribution is -0.141. The van der Waals surface area contributed by atoms with E-state index in [2.05, 4.69) is 15.5 Å². The Hall–Kier alpha value is -0.880. The van der Waals surface area contributed by atoms with E-state index in [9.17, 15) is 4.79 Å². The highest BCUT2D eigenvalue weighted by Gasteiger charge is 2.12. The largest absolute Gasteiger partial charge is 0.469 e. The topological polar surface area (TPSA) is 76.4 Å². The molecule has 0 bridgehead atoms. The van der Waals surface area contributed by atoms with Gasteiger partial charge in [-0.15, -0.1) is 0 Å². The summed E-state index contributed by atoms with van der Waals surface area (Å²) in [6, 6.07) is -0.0315. The van der Waals surface area contributed by atoms with E-state index in [1.165, 1.54) is 7.11 Å². The number of carbonyl (C=O) groups excluding carboxylic acids is 1. The minimum absolute atomic E-state index is 0.0315. The lowest BCUT2D eigenvalue weighted by atomic mass is 10.1. The second kappa shape index (κ2) is 6.62. The first-order valence-electron chi connectivity index (χ1n) is 3.98. The molecule has 0 aromatic rings. The highest BCUT2D eigenvalue weighted by atomic mass is 32.1. The van der Waals surface area contributed by atoms with Crippen molar-refractivity contribution in [2.45, 2.75) is 25.8 Å². The third-order valence-corrected chi connectivity index (χ3v) is 1.84. The molecule has 0 saturated heterocycles. The Morgan fingerprint density at radius 1 is 1.69 bits per heavy atom. The van der Waals surface area contributed by atoms with Crippen molar-refractivity contribution in [2.24, 2.45) is 5.84 Å². The number of hydrogen-bond acceptors (Lipinski definition) is 4. The van der Waals surface area contributed by atoms with Crippen LogP contribution in [0.2, 0.25) is 0 Å². The van der Waals surface area contributed by atoms with Gasteiger partial charge < -0.3 is 15.5 Å². The predicted molar refractivity (Wildman–Crippen MR) is 53.8 cm³/mol. The summed E-state index contributed by atoms with van der Waals surface area (Å²) < 4.78 is 4.52. The standard InChI is InChI=1S/C7H15N3O2S/c1-3-5(4-6(11)12-2)9-7(13)10-8/h5H,3-4,8H2,1-2H3,(H2,9,10,13). The van der Waals surface area contributed by atoms with Crippen molar-refractivity contribution < 1.29 is 9.53 Å². The maximum absolute atomic E-state index is 10.9. The fourth-order valence-electron chi connectivity index (χ4n) is 0.809. The average Bonchev–Trinajstić information content (AvgIpc) is 2.16. The van der Waals surface area contributed by atoms with Crippen molar-refractivity contribution in [2.75, 3.05) is 7.11 Å². The molecule has 0 amide bonds. The average molecular weight is 205 g/mol. The Morgan fingerprint density at radius 2 is 2.31 bits per heavy atom. The van der Waals surface area contributed by atoms with Crippen molar-refractivity contribution in [3.8, 4) is 0 Å². The van der Waals surface area contributed by atoms with Crippen molar-refractivity contribution in [1.29, 1.82) is 0 Å². The number of thiocarbonyl (C=S) groups is 1. The fourth-order valence-corrected chi connectivity index (χ4v) is 0.976. The van der Waals surface area contributed by atoms with Gasteiger partial charge >= 0.3 is 5.97 Å². The Bertz CT molecular complexity index is 169. The van der Waals surface area contributed by atoms with E-state index in [4.69, 9.17) is 18.1 Å². The van der Waals surface area contributed by atoms with Gasteiger partial charge in [0.25, 0.3) is 0 Å². The van der Waals surface area contributed by atoms with E-state index in [1.807, 2.05) is 6.92 Å². The molecule has 0 aliphatic heterocycles. The lowest BCUT2D eigenvalue weighted by Gasteiger charge is -2.16. The van der Waals surface area contributed by atoms with Gasteiger partial charge in [0.05, 0.1) is 13.5 Å². The number of ether oxygens (including phenoxy) is 1. The van der Waals surface area contributed by atoms with E-state index >= 15 is 0 Å². The quantitative estimate of drug-likeness (QED) is 0.252. The molecule has 0 fully saturated rings. The maximum atomic E-state index is 10.9. The van der Waals surface area contributed by atoms with Crippen LogP contribution in [-0.4, -0.2) is 24.2 Å². The van der Waals surface area contributed by atoms with Crippen LogP contribution in [-0.2, 0) is 9.53 Å². The number of rotatable bonds is 4. The molecule has 5 nitrogen and oxygen atoms in total. The molecule has 0 saturated carbocycles. The SMILES string of the molecule is CCC(CC(=O)OC)NC(=S)NN. The molecule has 0 aliphatic rings. The molecule has 6 heteroatoms. The van der Waals surface area contributed by atoms with Crippen molar-refractivity contribution in [3.05, 3.63) is 0 Å². The molecule has 0 aliphatic carbocycles. The van der Waals surface area contributed by atoms with Crippen LogP contribution in [0.5, 0.6) is 0 Å². The van der Waals surface area contributed by atoms with Crippen LogP contribution in [0.15, 0.2) is 0 Å². The minimum Gasteiger partial charge on any atom is -0.469 e. The van der Waals surface area contributed by atoms with Gasteiger partial charge in [-0.05, 0) is 18.6 Å². The summed E-state index contributed by atoms with van der Waals surface area (Å²) in [6.07, 6.45) is 1.06. The molecule has 0 heterocycles. The monoisotopic (exact) mass is 205 g/mol. The third kappa shape index (κ3) is 5.37. The van der Waals surface area contributed by atoms with E-state index in [0.717, 1.165) is 6.42 Å². The summed E-state index contributed by atoms with van der Waals surface area (Å²) in [5.74, 6) is 4.80. The molecule has 1 unspecified atom stereocenters. The molecule has 1 atom stereocenters. The molecular formula is C7H15N3O2S. The zero-order chi connectivity index (χ0) is 10.3. The van der Waals surface area contributed by atoms with Crippen molar-refractivity contribution >= 4 is 23.3 Å². The number of nitrogens with two attached hydrogens (primary N) is 1. The van der Waals surface area contributed by atoms with E-state index in [-0.39, 0.29) is 18.4 Å².